The predicted molar refractivity (Wildman–Crippen MR) is 126 cm³/mol. The number of nitrogens with zero attached hydrogens (tertiary/aromatic N) is 3. The van der Waals surface area contributed by atoms with Crippen molar-refractivity contribution in [2.24, 2.45) is 5.11 Å². The van der Waals surface area contributed by atoms with Gasteiger partial charge >= 0.3 is 0 Å². The van der Waals surface area contributed by atoms with E-state index >= 15 is 0 Å². The van der Waals surface area contributed by atoms with Crippen LogP contribution in [0.2, 0.25) is 5.04 Å². The Morgan fingerprint density at radius 2 is 1.72 bits per heavy atom. The van der Waals surface area contributed by atoms with Gasteiger partial charge in [0.1, 0.15) is 6.10 Å². The van der Waals surface area contributed by atoms with Crippen molar-refractivity contribution in [1.29, 1.82) is 0 Å². The van der Waals surface area contributed by atoms with Crippen LogP contribution in [0, 0.1) is 0 Å². The highest BCUT2D eigenvalue weighted by atomic mass is 28.4. The average Bonchev–Trinajstić information content (AvgIpc) is 3.13. The number of rotatable bonds is 9. The summed E-state index contributed by atoms with van der Waals surface area (Å²) in [6.07, 6.45) is -0.893. The molecule has 7 nitrogen and oxygen atoms in total. The number of hydrogen-bond donors (Lipinski definition) is 0. The van der Waals surface area contributed by atoms with E-state index in [0.29, 0.717) is 19.3 Å². The molecule has 0 spiro atoms. The molecule has 0 aromatic heterocycles. The summed E-state index contributed by atoms with van der Waals surface area (Å²) in [5.74, 6) is 0. The van der Waals surface area contributed by atoms with Crippen molar-refractivity contribution in [2.45, 2.75) is 63.7 Å². The van der Waals surface area contributed by atoms with Crippen LogP contribution in [-0.2, 0) is 18.7 Å². The Bertz CT molecular complexity index is 890. The monoisotopic (exact) mass is 453 g/mol. The van der Waals surface area contributed by atoms with Gasteiger partial charge in [-0.05, 0) is 27.9 Å². The molecule has 1 aliphatic heterocycles. The van der Waals surface area contributed by atoms with Crippen molar-refractivity contribution >= 4 is 25.0 Å². The lowest BCUT2D eigenvalue weighted by Crippen LogP contribution is -2.67. The number of benzene rings is 2. The van der Waals surface area contributed by atoms with Crippen LogP contribution in [0.3, 0.4) is 0 Å². The number of carbonyl (C=O) groups is 1. The van der Waals surface area contributed by atoms with Crippen LogP contribution in [0.15, 0.2) is 65.8 Å². The van der Waals surface area contributed by atoms with E-state index in [1.54, 1.807) is 0 Å². The Labute approximate surface area is 190 Å². The van der Waals surface area contributed by atoms with Gasteiger partial charge in [-0.3, -0.25) is 0 Å². The first-order valence-corrected chi connectivity index (χ1v) is 12.8. The molecule has 0 saturated carbocycles. The van der Waals surface area contributed by atoms with Crippen molar-refractivity contribution < 1.29 is 18.7 Å². The van der Waals surface area contributed by atoms with Crippen LogP contribution in [0.4, 0.5) is 0 Å². The van der Waals surface area contributed by atoms with Gasteiger partial charge in [0.05, 0.1) is 18.8 Å². The molecule has 170 valence electrons. The summed E-state index contributed by atoms with van der Waals surface area (Å²) in [5, 5.41) is 5.62. The van der Waals surface area contributed by atoms with Crippen molar-refractivity contribution in [1.82, 2.24) is 0 Å². The summed E-state index contributed by atoms with van der Waals surface area (Å²) in [7, 11) is -2.72. The molecular weight excluding hydrogens is 422 g/mol. The SMILES string of the molecule is C[C@H]1CC(OC(C=O)N=[N+]=[N-])[C@@H](CO[Si](c2ccccc2)(c2ccccc2)C(C)(C)C)O1. The van der Waals surface area contributed by atoms with Gasteiger partial charge in [-0.2, -0.15) is 0 Å². The van der Waals surface area contributed by atoms with Gasteiger partial charge < -0.3 is 18.7 Å². The third-order valence-corrected chi connectivity index (χ3v) is 10.9. The molecular formula is C24H31N3O4Si. The van der Waals surface area contributed by atoms with Gasteiger partial charge in [0, 0.05) is 11.3 Å². The molecule has 0 N–H and O–H groups in total. The maximum atomic E-state index is 11.2. The molecule has 1 saturated heterocycles. The number of ether oxygens (including phenoxy) is 2. The highest BCUT2D eigenvalue weighted by molar-refractivity contribution is 6.99. The van der Waals surface area contributed by atoms with E-state index in [9.17, 15) is 4.79 Å². The van der Waals surface area contributed by atoms with E-state index in [2.05, 4.69) is 55.1 Å². The molecule has 1 fully saturated rings. The van der Waals surface area contributed by atoms with Crippen LogP contribution in [0.5, 0.6) is 0 Å². The van der Waals surface area contributed by atoms with Crippen LogP contribution in [-0.4, -0.2) is 45.8 Å². The van der Waals surface area contributed by atoms with Gasteiger partial charge in [-0.25, -0.2) is 0 Å². The fraction of sp³-hybridized carbons (Fsp3) is 0.458. The molecule has 1 aliphatic rings. The number of aldehydes is 1. The number of azide groups is 1. The van der Waals surface area contributed by atoms with Crippen LogP contribution < -0.4 is 10.4 Å². The van der Waals surface area contributed by atoms with Crippen molar-refractivity contribution in [2.75, 3.05) is 6.61 Å². The lowest BCUT2D eigenvalue weighted by atomic mass is 10.1. The van der Waals surface area contributed by atoms with Gasteiger partial charge in [-0.1, -0.05) is 86.5 Å². The molecule has 0 radical (unpaired) electrons. The Morgan fingerprint density at radius 3 is 2.19 bits per heavy atom. The average molecular weight is 454 g/mol. The second kappa shape index (κ2) is 10.4. The lowest BCUT2D eigenvalue weighted by Gasteiger charge is -2.43. The minimum atomic E-state index is -2.72. The first kappa shape index (κ1) is 24.2. The molecule has 4 atom stereocenters. The topological polar surface area (TPSA) is 93.5 Å². The Balaban J connectivity index is 1.95. The van der Waals surface area contributed by atoms with Crippen LogP contribution in [0.1, 0.15) is 34.1 Å². The minimum absolute atomic E-state index is 0.0499. The highest BCUT2D eigenvalue weighted by Crippen LogP contribution is 2.37. The second-order valence-electron chi connectivity index (χ2n) is 9.10. The lowest BCUT2D eigenvalue weighted by molar-refractivity contribution is -0.125. The summed E-state index contributed by atoms with van der Waals surface area (Å²) in [4.78, 5) is 13.9. The van der Waals surface area contributed by atoms with Gasteiger partial charge in [0.2, 0.25) is 0 Å². The normalized spacial score (nSPS) is 22.2. The quantitative estimate of drug-likeness (QED) is 0.189. The van der Waals surface area contributed by atoms with Crippen molar-refractivity contribution in [3.05, 3.63) is 71.1 Å². The summed E-state index contributed by atoms with van der Waals surface area (Å²) >= 11 is 0. The Morgan fingerprint density at radius 1 is 1.16 bits per heavy atom. The maximum absolute atomic E-state index is 11.2. The summed E-state index contributed by atoms with van der Waals surface area (Å²) < 4.78 is 18.8. The molecule has 3 rings (SSSR count). The summed E-state index contributed by atoms with van der Waals surface area (Å²) in [6.45, 7) is 8.92. The third kappa shape index (κ3) is 5.11. The van der Waals surface area contributed by atoms with Crippen LogP contribution >= 0.6 is 0 Å². The highest BCUT2D eigenvalue weighted by Gasteiger charge is 2.51. The molecule has 0 aliphatic carbocycles. The van der Waals surface area contributed by atoms with E-state index < -0.39 is 20.6 Å². The van der Waals surface area contributed by atoms with E-state index in [1.807, 2.05) is 43.3 Å². The second-order valence-corrected chi connectivity index (χ2v) is 13.4. The van der Waals surface area contributed by atoms with E-state index in [0.717, 1.165) is 0 Å². The first-order valence-electron chi connectivity index (χ1n) is 10.9. The van der Waals surface area contributed by atoms with E-state index in [4.69, 9.17) is 19.4 Å². The Kier molecular flexibility index (Phi) is 7.87. The molecule has 2 aromatic rings. The zero-order chi connectivity index (χ0) is 23.2. The molecule has 0 bridgehead atoms. The third-order valence-electron chi connectivity index (χ3n) is 5.86. The Hall–Kier alpha value is -2.48. The molecule has 2 unspecified atom stereocenters. The van der Waals surface area contributed by atoms with E-state index in [-0.39, 0.29) is 17.2 Å². The fourth-order valence-electron chi connectivity index (χ4n) is 4.50. The molecule has 32 heavy (non-hydrogen) atoms. The molecule has 2 aromatic carbocycles. The first-order chi connectivity index (χ1) is 15.3. The van der Waals surface area contributed by atoms with Crippen LogP contribution in [0.25, 0.3) is 10.4 Å². The van der Waals surface area contributed by atoms with Gasteiger partial charge in [0.15, 0.2) is 12.5 Å². The molecule has 0 amide bonds. The van der Waals surface area contributed by atoms with E-state index in [1.165, 1.54) is 10.4 Å². The largest absolute Gasteiger partial charge is 0.405 e. The zero-order valence-corrected chi connectivity index (χ0v) is 20.0. The fourth-order valence-corrected chi connectivity index (χ4v) is 9.07. The predicted octanol–water partition coefficient (Wildman–Crippen LogP) is 3.96. The summed E-state index contributed by atoms with van der Waals surface area (Å²) in [6, 6.07) is 20.8. The van der Waals surface area contributed by atoms with Gasteiger partial charge in [-0.15, -0.1) is 0 Å². The molecule has 1 heterocycles. The summed E-state index contributed by atoms with van der Waals surface area (Å²) in [5.41, 5.74) is 8.68. The number of hydrogen-bond acceptors (Lipinski definition) is 5. The maximum Gasteiger partial charge on any atom is 0.261 e. The number of carbonyl (C=O) groups excluding carboxylic acids is 1. The van der Waals surface area contributed by atoms with Crippen molar-refractivity contribution in [3.63, 3.8) is 0 Å². The zero-order valence-electron chi connectivity index (χ0n) is 19.0. The van der Waals surface area contributed by atoms with Gasteiger partial charge in [0.25, 0.3) is 8.32 Å². The molecule has 8 heteroatoms. The minimum Gasteiger partial charge on any atom is -0.405 e. The standard InChI is InChI=1S/C24H31N3O4Si/c1-18-15-21(31-23(16-28)26-27-25)22(30-18)17-29-32(24(2,3)4,19-11-7-5-8-12-19)20-13-9-6-10-14-20/h5-14,16,18,21-23H,15,17H2,1-4H3/t18-,21?,22+,23?/m0/s1. The smallest absolute Gasteiger partial charge is 0.261 e. The van der Waals surface area contributed by atoms with Crippen molar-refractivity contribution in [3.8, 4) is 0 Å².